The molecule has 0 radical (unpaired) electrons. The summed E-state index contributed by atoms with van der Waals surface area (Å²) in [5.41, 5.74) is -0.177. The molecule has 1 fully saturated rings. The van der Waals surface area contributed by atoms with Gasteiger partial charge in [-0.05, 0) is 25.9 Å². The summed E-state index contributed by atoms with van der Waals surface area (Å²) in [6.07, 6.45) is 3.95. The summed E-state index contributed by atoms with van der Waals surface area (Å²) in [4.78, 5) is 11.1. The molecule has 0 bridgehead atoms. The first-order valence-electron chi connectivity index (χ1n) is 5.28. The van der Waals surface area contributed by atoms with Gasteiger partial charge in [0.1, 0.15) is 6.33 Å². The highest BCUT2D eigenvalue weighted by Gasteiger charge is 2.12. The number of nitrogens with zero attached hydrogens (tertiary/aromatic N) is 2. The van der Waals surface area contributed by atoms with Crippen LogP contribution in [0.25, 0.3) is 0 Å². The molecule has 1 aliphatic heterocycles. The van der Waals surface area contributed by atoms with Crippen molar-refractivity contribution in [3.8, 4) is 0 Å². The highest BCUT2D eigenvalue weighted by Crippen LogP contribution is 2.06. The number of hydrogen-bond donors (Lipinski definition) is 2. The number of nitrogens with one attached hydrogen (secondary N) is 2. The fourth-order valence-electron chi connectivity index (χ4n) is 1.71. The molecule has 1 aromatic heterocycles. The summed E-state index contributed by atoms with van der Waals surface area (Å²) in [7, 11) is 0. The van der Waals surface area contributed by atoms with Gasteiger partial charge in [0.2, 0.25) is 0 Å². The van der Waals surface area contributed by atoms with Crippen LogP contribution in [0.5, 0.6) is 0 Å². The van der Waals surface area contributed by atoms with Crippen LogP contribution in [0.1, 0.15) is 12.8 Å². The van der Waals surface area contributed by atoms with Crippen LogP contribution < -0.4 is 11.0 Å². The van der Waals surface area contributed by atoms with Crippen molar-refractivity contribution in [1.29, 1.82) is 0 Å². The van der Waals surface area contributed by atoms with E-state index in [9.17, 15) is 4.79 Å². The molecule has 2 heterocycles. The smallest absolute Gasteiger partial charge is 0.343 e. The molecular formula is C9H16N4O2. The van der Waals surface area contributed by atoms with E-state index in [0.717, 1.165) is 25.9 Å². The zero-order valence-corrected chi connectivity index (χ0v) is 8.61. The van der Waals surface area contributed by atoms with Gasteiger partial charge in [0.15, 0.2) is 0 Å². The van der Waals surface area contributed by atoms with Gasteiger partial charge in [-0.15, -0.1) is 0 Å². The number of hydrogen-bond acceptors (Lipinski definition) is 4. The van der Waals surface area contributed by atoms with Gasteiger partial charge in [-0.2, -0.15) is 5.10 Å². The molecule has 0 aliphatic carbocycles. The fourth-order valence-corrected chi connectivity index (χ4v) is 1.71. The highest BCUT2D eigenvalue weighted by molar-refractivity contribution is 4.68. The summed E-state index contributed by atoms with van der Waals surface area (Å²) in [5.74, 6) is 0. The lowest BCUT2D eigenvalue weighted by Gasteiger charge is -2.22. The first-order valence-corrected chi connectivity index (χ1v) is 5.28. The molecule has 0 aromatic carbocycles. The standard InChI is InChI=1S/C9H16N4O2/c14-9-12-11-7-13(9)5-6-15-8-1-3-10-4-2-8/h7-8,10H,1-6H2,(H,12,14). The zero-order valence-electron chi connectivity index (χ0n) is 8.61. The highest BCUT2D eigenvalue weighted by atomic mass is 16.5. The molecule has 2 rings (SSSR count). The first kappa shape index (κ1) is 10.4. The van der Waals surface area contributed by atoms with E-state index in [1.807, 2.05) is 0 Å². The molecule has 2 N–H and O–H groups in total. The van der Waals surface area contributed by atoms with Gasteiger partial charge in [-0.25, -0.2) is 9.89 Å². The van der Waals surface area contributed by atoms with Crippen molar-refractivity contribution in [1.82, 2.24) is 20.1 Å². The van der Waals surface area contributed by atoms with Crippen LogP contribution in [0.15, 0.2) is 11.1 Å². The molecule has 1 aliphatic rings. The Hall–Kier alpha value is -1.14. The van der Waals surface area contributed by atoms with Gasteiger partial charge in [-0.1, -0.05) is 0 Å². The van der Waals surface area contributed by atoms with Crippen LogP contribution in [0.4, 0.5) is 0 Å². The number of H-pyrrole nitrogens is 1. The number of piperidine rings is 1. The Labute approximate surface area is 87.6 Å². The van der Waals surface area contributed by atoms with E-state index >= 15 is 0 Å². The lowest BCUT2D eigenvalue weighted by atomic mass is 10.1. The monoisotopic (exact) mass is 212 g/mol. The van der Waals surface area contributed by atoms with E-state index in [4.69, 9.17) is 4.74 Å². The normalized spacial score (nSPS) is 18.1. The average molecular weight is 212 g/mol. The number of aromatic nitrogens is 3. The van der Waals surface area contributed by atoms with E-state index < -0.39 is 0 Å². The van der Waals surface area contributed by atoms with Gasteiger partial charge < -0.3 is 10.1 Å². The van der Waals surface area contributed by atoms with Gasteiger partial charge in [0, 0.05) is 0 Å². The Morgan fingerprint density at radius 3 is 3.00 bits per heavy atom. The summed E-state index contributed by atoms with van der Waals surface area (Å²) >= 11 is 0. The first-order chi connectivity index (χ1) is 7.36. The minimum Gasteiger partial charge on any atom is -0.376 e. The van der Waals surface area contributed by atoms with Crippen molar-refractivity contribution in [3.05, 3.63) is 16.8 Å². The molecule has 15 heavy (non-hydrogen) atoms. The fraction of sp³-hybridized carbons (Fsp3) is 0.778. The average Bonchev–Trinajstić information content (AvgIpc) is 2.66. The maximum atomic E-state index is 11.1. The Morgan fingerprint density at radius 1 is 1.53 bits per heavy atom. The number of ether oxygens (including phenoxy) is 1. The van der Waals surface area contributed by atoms with E-state index in [0.29, 0.717) is 19.3 Å². The quantitative estimate of drug-likeness (QED) is 0.695. The van der Waals surface area contributed by atoms with Crippen molar-refractivity contribution in [3.63, 3.8) is 0 Å². The van der Waals surface area contributed by atoms with Crippen LogP contribution in [0.3, 0.4) is 0 Å². The van der Waals surface area contributed by atoms with Gasteiger partial charge in [0.05, 0.1) is 19.3 Å². The molecule has 0 saturated carbocycles. The third-order valence-corrected chi connectivity index (χ3v) is 2.59. The molecule has 84 valence electrons. The summed E-state index contributed by atoms with van der Waals surface area (Å²) < 4.78 is 7.18. The third-order valence-electron chi connectivity index (χ3n) is 2.59. The van der Waals surface area contributed by atoms with Crippen molar-refractivity contribution in [2.75, 3.05) is 19.7 Å². The molecule has 0 unspecified atom stereocenters. The SMILES string of the molecule is O=c1[nH]ncn1CCOC1CCNCC1. The maximum absolute atomic E-state index is 11.1. The minimum absolute atomic E-state index is 0.177. The third kappa shape index (κ3) is 2.90. The van der Waals surface area contributed by atoms with Crippen LogP contribution in [-0.2, 0) is 11.3 Å². The summed E-state index contributed by atoms with van der Waals surface area (Å²) in [6.45, 7) is 3.19. The molecule has 6 nitrogen and oxygen atoms in total. The summed E-state index contributed by atoms with van der Waals surface area (Å²) in [6, 6.07) is 0. The zero-order chi connectivity index (χ0) is 10.5. The van der Waals surface area contributed by atoms with Gasteiger partial charge in [-0.3, -0.25) is 4.57 Å². The molecule has 0 amide bonds. The lowest BCUT2D eigenvalue weighted by molar-refractivity contribution is 0.0281. The van der Waals surface area contributed by atoms with Crippen molar-refractivity contribution >= 4 is 0 Å². The summed E-state index contributed by atoms with van der Waals surface area (Å²) in [5, 5.41) is 9.27. The van der Waals surface area contributed by atoms with Crippen molar-refractivity contribution in [2.45, 2.75) is 25.5 Å². The van der Waals surface area contributed by atoms with Crippen molar-refractivity contribution in [2.24, 2.45) is 0 Å². The molecular weight excluding hydrogens is 196 g/mol. The number of rotatable bonds is 4. The van der Waals surface area contributed by atoms with E-state index in [1.54, 1.807) is 0 Å². The lowest BCUT2D eigenvalue weighted by Crippen LogP contribution is -2.33. The van der Waals surface area contributed by atoms with Crippen molar-refractivity contribution < 1.29 is 4.74 Å². The molecule has 6 heteroatoms. The number of aromatic amines is 1. The Kier molecular flexibility index (Phi) is 3.52. The van der Waals surface area contributed by atoms with Gasteiger partial charge in [0.25, 0.3) is 0 Å². The van der Waals surface area contributed by atoms with E-state index in [1.165, 1.54) is 10.9 Å². The largest absolute Gasteiger partial charge is 0.376 e. The molecule has 1 aromatic rings. The Bertz CT molecular complexity index is 340. The van der Waals surface area contributed by atoms with Crippen LogP contribution in [0, 0.1) is 0 Å². The molecule has 1 saturated heterocycles. The maximum Gasteiger partial charge on any atom is 0.343 e. The second kappa shape index (κ2) is 5.09. The van der Waals surface area contributed by atoms with E-state index in [2.05, 4.69) is 15.5 Å². The molecule has 0 atom stereocenters. The Balaban J connectivity index is 1.70. The Morgan fingerprint density at radius 2 is 2.33 bits per heavy atom. The van der Waals surface area contributed by atoms with Crippen LogP contribution in [-0.4, -0.2) is 40.6 Å². The van der Waals surface area contributed by atoms with Crippen LogP contribution in [0.2, 0.25) is 0 Å². The molecule has 0 spiro atoms. The second-order valence-electron chi connectivity index (χ2n) is 3.68. The second-order valence-corrected chi connectivity index (χ2v) is 3.68. The van der Waals surface area contributed by atoms with Gasteiger partial charge >= 0.3 is 5.69 Å². The predicted octanol–water partition coefficient (Wildman–Crippen LogP) is -0.660. The predicted molar refractivity (Wildman–Crippen MR) is 54.7 cm³/mol. The topological polar surface area (TPSA) is 71.9 Å². The minimum atomic E-state index is -0.177. The van der Waals surface area contributed by atoms with Crippen LogP contribution >= 0.6 is 0 Å². The van der Waals surface area contributed by atoms with E-state index in [-0.39, 0.29) is 5.69 Å².